The van der Waals surface area contributed by atoms with Gasteiger partial charge in [0.2, 0.25) is 0 Å². The fraction of sp³-hybridized carbons (Fsp3) is 0.500. The van der Waals surface area contributed by atoms with Gasteiger partial charge in [-0.25, -0.2) is 4.79 Å². The number of hydrogen-bond donors (Lipinski definition) is 3. The Morgan fingerprint density at radius 2 is 2.15 bits per heavy atom. The Labute approximate surface area is 76.8 Å². The highest BCUT2D eigenvalue weighted by Crippen LogP contribution is 1.90. The molecule has 3 N–H and O–H groups in total. The molecule has 0 aliphatic carbocycles. The van der Waals surface area contributed by atoms with E-state index in [0.29, 0.717) is 6.54 Å². The van der Waals surface area contributed by atoms with E-state index in [1.54, 1.807) is 6.08 Å². The minimum atomic E-state index is -0.927. The molecule has 0 aliphatic heterocycles. The zero-order valence-corrected chi connectivity index (χ0v) is 7.54. The number of rotatable bonds is 5. The van der Waals surface area contributed by atoms with Gasteiger partial charge in [0.1, 0.15) is 0 Å². The number of carboxylic acids is 1. The second-order valence-corrected chi connectivity index (χ2v) is 2.62. The SMILES string of the molecule is C=CCNC(=O)NCC(C)C(=O)O. The summed E-state index contributed by atoms with van der Waals surface area (Å²) < 4.78 is 0. The van der Waals surface area contributed by atoms with Crippen LogP contribution >= 0.6 is 0 Å². The maximum absolute atomic E-state index is 10.9. The van der Waals surface area contributed by atoms with Gasteiger partial charge in [0.05, 0.1) is 5.92 Å². The van der Waals surface area contributed by atoms with Crippen LogP contribution in [-0.2, 0) is 4.79 Å². The topological polar surface area (TPSA) is 78.4 Å². The zero-order valence-electron chi connectivity index (χ0n) is 7.54. The van der Waals surface area contributed by atoms with Crippen LogP contribution in [0.5, 0.6) is 0 Å². The van der Waals surface area contributed by atoms with Crippen molar-refractivity contribution >= 4 is 12.0 Å². The van der Waals surface area contributed by atoms with Gasteiger partial charge in [-0.3, -0.25) is 4.79 Å². The molecule has 5 heteroatoms. The molecule has 0 aromatic heterocycles. The lowest BCUT2D eigenvalue weighted by Crippen LogP contribution is -2.39. The molecule has 74 valence electrons. The van der Waals surface area contributed by atoms with Crippen molar-refractivity contribution in [3.05, 3.63) is 12.7 Å². The van der Waals surface area contributed by atoms with Crippen LogP contribution < -0.4 is 10.6 Å². The molecule has 0 radical (unpaired) electrons. The predicted molar refractivity (Wildman–Crippen MR) is 48.4 cm³/mol. The highest BCUT2D eigenvalue weighted by Gasteiger charge is 2.11. The number of carbonyl (C=O) groups excluding carboxylic acids is 1. The van der Waals surface area contributed by atoms with Gasteiger partial charge >= 0.3 is 12.0 Å². The van der Waals surface area contributed by atoms with E-state index in [2.05, 4.69) is 17.2 Å². The van der Waals surface area contributed by atoms with E-state index in [0.717, 1.165) is 0 Å². The van der Waals surface area contributed by atoms with E-state index >= 15 is 0 Å². The summed E-state index contributed by atoms with van der Waals surface area (Å²) in [6.45, 7) is 5.44. The van der Waals surface area contributed by atoms with E-state index < -0.39 is 11.9 Å². The quantitative estimate of drug-likeness (QED) is 0.536. The predicted octanol–water partition coefficient (Wildman–Crippen LogP) is 0.192. The molecule has 0 rings (SSSR count). The average Bonchev–Trinajstić information content (AvgIpc) is 2.10. The van der Waals surface area contributed by atoms with Gasteiger partial charge in [-0.05, 0) is 0 Å². The van der Waals surface area contributed by atoms with Crippen LogP contribution in [0, 0.1) is 5.92 Å². The molecule has 1 unspecified atom stereocenters. The van der Waals surface area contributed by atoms with Crippen molar-refractivity contribution in [1.82, 2.24) is 10.6 Å². The number of amides is 2. The molecule has 0 aromatic rings. The Hall–Kier alpha value is -1.52. The fourth-order valence-electron chi connectivity index (χ4n) is 0.560. The molecular formula is C8H14N2O3. The summed E-state index contributed by atoms with van der Waals surface area (Å²) in [5, 5.41) is 13.4. The van der Waals surface area contributed by atoms with Gasteiger partial charge in [-0.2, -0.15) is 0 Å². The van der Waals surface area contributed by atoms with Crippen LogP contribution in [0.1, 0.15) is 6.92 Å². The summed E-state index contributed by atoms with van der Waals surface area (Å²) in [5.41, 5.74) is 0. The Balaban J connectivity index is 3.57. The Morgan fingerprint density at radius 1 is 1.54 bits per heavy atom. The van der Waals surface area contributed by atoms with Gasteiger partial charge in [0, 0.05) is 13.1 Å². The van der Waals surface area contributed by atoms with Crippen LogP contribution in [-0.4, -0.2) is 30.2 Å². The first-order chi connectivity index (χ1) is 6.07. The minimum Gasteiger partial charge on any atom is -0.481 e. The van der Waals surface area contributed by atoms with Crippen molar-refractivity contribution in [1.29, 1.82) is 0 Å². The minimum absolute atomic E-state index is 0.123. The lowest BCUT2D eigenvalue weighted by atomic mass is 10.2. The van der Waals surface area contributed by atoms with Crippen molar-refractivity contribution in [3.63, 3.8) is 0 Å². The van der Waals surface area contributed by atoms with Gasteiger partial charge in [0.15, 0.2) is 0 Å². The molecule has 0 aliphatic rings. The lowest BCUT2D eigenvalue weighted by Gasteiger charge is -2.08. The number of nitrogens with one attached hydrogen (secondary N) is 2. The summed E-state index contributed by atoms with van der Waals surface area (Å²) in [6, 6.07) is -0.381. The first-order valence-corrected chi connectivity index (χ1v) is 3.93. The highest BCUT2D eigenvalue weighted by atomic mass is 16.4. The number of carboxylic acid groups (broad SMARTS) is 1. The van der Waals surface area contributed by atoms with E-state index in [1.165, 1.54) is 6.92 Å². The van der Waals surface area contributed by atoms with Crippen LogP contribution in [0.2, 0.25) is 0 Å². The fourth-order valence-corrected chi connectivity index (χ4v) is 0.560. The molecule has 0 fully saturated rings. The average molecular weight is 186 g/mol. The molecule has 2 amide bonds. The van der Waals surface area contributed by atoms with Crippen LogP contribution in [0.15, 0.2) is 12.7 Å². The van der Waals surface area contributed by atoms with Crippen LogP contribution in [0.3, 0.4) is 0 Å². The van der Waals surface area contributed by atoms with E-state index in [9.17, 15) is 9.59 Å². The third-order valence-corrected chi connectivity index (χ3v) is 1.40. The van der Waals surface area contributed by atoms with Crippen molar-refractivity contribution in [2.75, 3.05) is 13.1 Å². The molecule has 0 spiro atoms. The number of carbonyl (C=O) groups is 2. The molecule has 1 atom stereocenters. The maximum Gasteiger partial charge on any atom is 0.315 e. The van der Waals surface area contributed by atoms with E-state index in [4.69, 9.17) is 5.11 Å². The number of hydrogen-bond acceptors (Lipinski definition) is 2. The Morgan fingerprint density at radius 3 is 2.62 bits per heavy atom. The van der Waals surface area contributed by atoms with Crippen molar-refractivity contribution in [2.24, 2.45) is 5.92 Å². The molecular weight excluding hydrogens is 172 g/mol. The third kappa shape index (κ3) is 5.72. The summed E-state index contributed by atoms with van der Waals surface area (Å²) in [7, 11) is 0. The Bertz CT molecular complexity index is 204. The first kappa shape index (κ1) is 11.5. The Kier molecular flexibility index (Phi) is 5.34. The van der Waals surface area contributed by atoms with Crippen molar-refractivity contribution < 1.29 is 14.7 Å². The second-order valence-electron chi connectivity index (χ2n) is 2.62. The number of aliphatic carboxylic acids is 1. The maximum atomic E-state index is 10.9. The van der Waals surface area contributed by atoms with E-state index in [-0.39, 0.29) is 12.6 Å². The summed E-state index contributed by atoms with van der Waals surface area (Å²) in [5.74, 6) is -1.50. The van der Waals surface area contributed by atoms with Crippen molar-refractivity contribution in [3.8, 4) is 0 Å². The zero-order chi connectivity index (χ0) is 10.3. The number of urea groups is 1. The van der Waals surface area contributed by atoms with Gasteiger partial charge < -0.3 is 15.7 Å². The normalized spacial score (nSPS) is 11.5. The highest BCUT2D eigenvalue weighted by molar-refractivity contribution is 5.75. The summed E-state index contributed by atoms with van der Waals surface area (Å²) in [6.07, 6.45) is 1.54. The molecule has 0 aromatic carbocycles. The third-order valence-electron chi connectivity index (χ3n) is 1.40. The molecule has 0 bridgehead atoms. The molecule has 13 heavy (non-hydrogen) atoms. The standard InChI is InChI=1S/C8H14N2O3/c1-3-4-9-8(13)10-5-6(2)7(11)12/h3,6H,1,4-5H2,2H3,(H,11,12)(H2,9,10,13). The van der Waals surface area contributed by atoms with Crippen molar-refractivity contribution in [2.45, 2.75) is 6.92 Å². The summed E-state index contributed by atoms with van der Waals surface area (Å²) in [4.78, 5) is 21.2. The molecule has 5 nitrogen and oxygen atoms in total. The largest absolute Gasteiger partial charge is 0.481 e. The van der Waals surface area contributed by atoms with Crippen LogP contribution in [0.4, 0.5) is 4.79 Å². The molecule has 0 saturated heterocycles. The van der Waals surface area contributed by atoms with Gasteiger partial charge in [0.25, 0.3) is 0 Å². The lowest BCUT2D eigenvalue weighted by molar-refractivity contribution is -0.140. The monoisotopic (exact) mass is 186 g/mol. The first-order valence-electron chi connectivity index (χ1n) is 3.93. The van der Waals surface area contributed by atoms with Crippen LogP contribution in [0.25, 0.3) is 0 Å². The molecule has 0 heterocycles. The smallest absolute Gasteiger partial charge is 0.315 e. The van der Waals surface area contributed by atoms with Gasteiger partial charge in [-0.1, -0.05) is 13.0 Å². The molecule has 0 saturated carbocycles. The second kappa shape index (κ2) is 6.05. The van der Waals surface area contributed by atoms with E-state index in [1.807, 2.05) is 0 Å². The summed E-state index contributed by atoms with van der Waals surface area (Å²) >= 11 is 0. The van der Waals surface area contributed by atoms with Gasteiger partial charge in [-0.15, -0.1) is 6.58 Å².